The van der Waals surface area contributed by atoms with E-state index in [1.807, 2.05) is 0 Å². The highest BCUT2D eigenvalue weighted by Gasteiger charge is 2.47. The largest absolute Gasteiger partial charge is 0.437 e. The highest BCUT2D eigenvalue weighted by Crippen LogP contribution is 2.48. The van der Waals surface area contributed by atoms with Crippen LogP contribution in [0.2, 0.25) is 0 Å². The maximum absolute atomic E-state index is 7.11. The first-order valence-electron chi connectivity index (χ1n) is 21.2. The molecule has 288 valence electrons. The Bertz CT molecular complexity index is 2750. The summed E-state index contributed by atoms with van der Waals surface area (Å²) in [4.78, 5) is 5.36. The third-order valence-corrected chi connectivity index (χ3v) is 13.0. The highest BCUT2D eigenvalue weighted by molar-refractivity contribution is 6.09. The number of hydrogen-bond donors (Lipinski definition) is 0. The van der Waals surface area contributed by atoms with Crippen LogP contribution in [0.4, 0.5) is 0 Å². The molecular weight excluding hydrogens is 695 g/mol. The fourth-order valence-corrected chi connectivity index (χ4v) is 9.99. The smallest absolute Gasteiger partial charge is 0.227 e. The molecule has 7 aromatic rings. The van der Waals surface area contributed by atoms with Gasteiger partial charge in [-0.2, -0.15) is 9.13 Å². The average molecular weight is 752 g/mol. The quantitative estimate of drug-likeness (QED) is 0.164. The predicted molar refractivity (Wildman–Crippen MR) is 236 cm³/mol. The number of benzene rings is 3. The summed E-state index contributed by atoms with van der Waals surface area (Å²) in [5.74, 6) is 1.35. The van der Waals surface area contributed by atoms with Gasteiger partial charge in [-0.3, -0.25) is 0 Å². The van der Waals surface area contributed by atoms with E-state index in [0.29, 0.717) is 23.5 Å². The van der Waals surface area contributed by atoms with E-state index < -0.39 is 0 Å². The standard InChI is InChI=1S/C53H57N3O/c1-29(2)23-38-26-48-50-37(16-19-42-43-20-21-45(54-53(43)57-52(42)50)51-39(30(3)4)13-12-14-40(51)31(5)6)17-22-46-49(36(11)55(48)28-35(38)10)44-24-32(7)15-18-41(44)47-25-33(8)34(9)27-56(46)47/h12-16,18-21,24-31,46,49H,11,17,22-23H2,1-10H3/q+2. The molecular formula is C53H57N3O+2. The van der Waals surface area contributed by atoms with Crippen molar-refractivity contribution in [1.82, 2.24) is 4.98 Å². The summed E-state index contributed by atoms with van der Waals surface area (Å²) in [6.45, 7) is 27.7. The van der Waals surface area contributed by atoms with Gasteiger partial charge < -0.3 is 4.42 Å². The summed E-state index contributed by atoms with van der Waals surface area (Å²) >= 11 is 0. The molecule has 3 aromatic carbocycles. The van der Waals surface area contributed by atoms with Gasteiger partial charge in [0.2, 0.25) is 17.1 Å². The van der Waals surface area contributed by atoms with E-state index >= 15 is 0 Å². The maximum atomic E-state index is 7.11. The summed E-state index contributed by atoms with van der Waals surface area (Å²) in [7, 11) is 0. The minimum absolute atomic E-state index is 0.0829. The summed E-state index contributed by atoms with van der Waals surface area (Å²) in [5.41, 5.74) is 21.7. The van der Waals surface area contributed by atoms with E-state index in [1.165, 1.54) is 66.9 Å². The molecule has 0 saturated carbocycles. The van der Waals surface area contributed by atoms with Gasteiger partial charge in [0.1, 0.15) is 5.92 Å². The molecule has 2 unspecified atom stereocenters. The Morgan fingerprint density at radius 2 is 1.49 bits per heavy atom. The van der Waals surface area contributed by atoms with Gasteiger partial charge in [-0.25, -0.2) is 4.98 Å². The molecule has 0 spiro atoms. The number of rotatable bonds is 5. The van der Waals surface area contributed by atoms with Crippen LogP contribution in [-0.2, 0) is 12.8 Å². The van der Waals surface area contributed by atoms with Gasteiger partial charge >= 0.3 is 0 Å². The summed E-state index contributed by atoms with van der Waals surface area (Å²) in [6.07, 6.45) is 7.64. The molecule has 0 amide bonds. The number of fused-ring (bicyclic) bond motifs is 13. The van der Waals surface area contributed by atoms with Gasteiger partial charge in [0.25, 0.3) is 0 Å². The molecule has 0 aliphatic carbocycles. The molecule has 0 N–H and O–H groups in total. The number of aromatic nitrogens is 3. The Labute approximate surface area is 338 Å². The first-order valence-corrected chi connectivity index (χ1v) is 21.2. The van der Waals surface area contributed by atoms with Crippen molar-refractivity contribution < 1.29 is 13.6 Å². The molecule has 6 heterocycles. The Hall–Kier alpha value is -5.35. The zero-order chi connectivity index (χ0) is 40.0. The number of allylic oxidation sites excluding steroid dienone is 1. The lowest BCUT2D eigenvalue weighted by Gasteiger charge is -2.30. The van der Waals surface area contributed by atoms with Gasteiger partial charge in [0.15, 0.2) is 29.7 Å². The SMILES string of the molecule is C=C1C2c3cc(C)ccc3-c3cc(C)c(C)c[n+]3C2CCc2ccc3c(oc4nc(-c5c(C(C)C)cccc5C(C)C)ccc43)c2-c2cc(CC(C)C)c(C)c[n+]21. The number of hydrogen-bond acceptors (Lipinski definition) is 2. The first kappa shape index (κ1) is 37.2. The van der Waals surface area contributed by atoms with Crippen LogP contribution in [0.15, 0.2) is 96.2 Å². The summed E-state index contributed by atoms with van der Waals surface area (Å²) in [5, 5.41) is 2.16. The Morgan fingerprint density at radius 3 is 2.21 bits per heavy atom. The number of nitrogens with zero attached hydrogens (tertiary/aromatic N) is 3. The van der Waals surface area contributed by atoms with Crippen LogP contribution in [0.25, 0.3) is 61.5 Å². The lowest BCUT2D eigenvalue weighted by molar-refractivity contribution is -0.720. The van der Waals surface area contributed by atoms with E-state index in [1.54, 1.807) is 0 Å². The van der Waals surface area contributed by atoms with Crippen LogP contribution < -0.4 is 9.13 Å². The summed E-state index contributed by atoms with van der Waals surface area (Å²) in [6, 6.07) is 27.9. The van der Waals surface area contributed by atoms with Crippen molar-refractivity contribution >= 4 is 27.8 Å². The van der Waals surface area contributed by atoms with Crippen molar-refractivity contribution in [3.8, 4) is 33.8 Å². The van der Waals surface area contributed by atoms with Gasteiger partial charge in [0, 0.05) is 46.0 Å². The zero-order valence-electron chi connectivity index (χ0n) is 35.5. The van der Waals surface area contributed by atoms with E-state index in [-0.39, 0.29) is 12.0 Å². The molecule has 0 bridgehead atoms. The van der Waals surface area contributed by atoms with E-state index in [0.717, 1.165) is 58.3 Å². The van der Waals surface area contributed by atoms with Crippen molar-refractivity contribution in [3.05, 3.63) is 142 Å². The fraction of sp³-hybridized carbons (Fsp3) is 0.340. The van der Waals surface area contributed by atoms with Crippen molar-refractivity contribution in [1.29, 1.82) is 0 Å². The van der Waals surface area contributed by atoms with Crippen molar-refractivity contribution in [3.63, 3.8) is 0 Å². The number of aryl methyl sites for hydroxylation is 5. The fourth-order valence-electron chi connectivity index (χ4n) is 9.99. The molecule has 57 heavy (non-hydrogen) atoms. The zero-order valence-corrected chi connectivity index (χ0v) is 35.5. The topological polar surface area (TPSA) is 33.8 Å². The third kappa shape index (κ3) is 6.06. The van der Waals surface area contributed by atoms with Gasteiger partial charge in [0.05, 0.1) is 16.8 Å². The molecule has 2 aliphatic heterocycles. The molecule has 4 aromatic heterocycles. The molecule has 2 aliphatic rings. The van der Waals surface area contributed by atoms with Crippen LogP contribution in [0, 0.1) is 33.6 Å². The molecule has 4 heteroatoms. The predicted octanol–water partition coefficient (Wildman–Crippen LogP) is 13.0. The third-order valence-electron chi connectivity index (χ3n) is 13.0. The molecule has 9 rings (SSSR count). The molecule has 4 nitrogen and oxygen atoms in total. The molecule has 0 fully saturated rings. The van der Waals surface area contributed by atoms with Gasteiger partial charge in [-0.05, 0) is 116 Å². The lowest BCUT2D eigenvalue weighted by Crippen LogP contribution is -2.51. The first-order chi connectivity index (χ1) is 27.3. The van der Waals surface area contributed by atoms with Crippen LogP contribution in [0.3, 0.4) is 0 Å². The van der Waals surface area contributed by atoms with E-state index in [4.69, 9.17) is 16.0 Å². The number of furan rings is 1. The van der Waals surface area contributed by atoms with Crippen LogP contribution in [0.1, 0.15) is 122 Å². The van der Waals surface area contributed by atoms with Crippen molar-refractivity contribution in [2.45, 2.75) is 112 Å². The molecule has 2 atom stereocenters. The summed E-state index contributed by atoms with van der Waals surface area (Å²) < 4.78 is 12.1. The highest BCUT2D eigenvalue weighted by atomic mass is 16.3. The second-order valence-corrected chi connectivity index (χ2v) is 18.2. The molecule has 0 radical (unpaired) electrons. The van der Waals surface area contributed by atoms with Gasteiger partial charge in [-0.15, -0.1) is 0 Å². The average Bonchev–Trinajstić information content (AvgIpc) is 3.56. The lowest BCUT2D eigenvalue weighted by atomic mass is 9.78. The minimum Gasteiger partial charge on any atom is -0.437 e. The minimum atomic E-state index is 0.0829. The second kappa shape index (κ2) is 13.9. The number of pyridine rings is 3. The van der Waals surface area contributed by atoms with E-state index in [9.17, 15) is 0 Å². The van der Waals surface area contributed by atoms with E-state index in [2.05, 4.69) is 164 Å². The van der Waals surface area contributed by atoms with Crippen LogP contribution in [0.5, 0.6) is 0 Å². The second-order valence-electron chi connectivity index (χ2n) is 18.2. The maximum Gasteiger partial charge on any atom is 0.227 e. The van der Waals surface area contributed by atoms with Crippen LogP contribution >= 0.6 is 0 Å². The van der Waals surface area contributed by atoms with Gasteiger partial charge in [-0.1, -0.05) is 89.6 Å². The van der Waals surface area contributed by atoms with Crippen LogP contribution in [-0.4, -0.2) is 4.98 Å². The van der Waals surface area contributed by atoms with Crippen molar-refractivity contribution in [2.75, 3.05) is 0 Å². The Balaban J connectivity index is 1.32. The van der Waals surface area contributed by atoms with Crippen molar-refractivity contribution in [2.24, 2.45) is 5.92 Å². The normalized spacial score (nSPS) is 16.3. The Kier molecular flexibility index (Phi) is 9.11. The monoisotopic (exact) mass is 751 g/mol. The Morgan fingerprint density at radius 1 is 0.754 bits per heavy atom. The molecule has 0 saturated heterocycles.